The molecule has 3 aromatic rings. The molecule has 3 rings (SSSR count). The van der Waals surface area contributed by atoms with Crippen molar-refractivity contribution >= 4 is 12.0 Å². The molecule has 23 heavy (non-hydrogen) atoms. The highest BCUT2D eigenvalue weighted by atomic mass is 16.3. The lowest BCUT2D eigenvalue weighted by Gasteiger charge is -2.05. The zero-order chi connectivity index (χ0) is 16.1. The summed E-state index contributed by atoms with van der Waals surface area (Å²) in [6, 6.07) is 18.7. The molecule has 0 saturated heterocycles. The van der Waals surface area contributed by atoms with Crippen molar-refractivity contribution in [2.24, 2.45) is 5.10 Å². The molecular weight excluding hydrogens is 288 g/mol. The molecule has 5 heteroatoms. The topological polar surface area (TPSA) is 70.4 Å². The number of nitrogens with one attached hydrogen (secondary N) is 1. The Balaban J connectivity index is 1.81. The molecule has 1 aromatic heterocycles. The van der Waals surface area contributed by atoms with E-state index in [-0.39, 0.29) is 5.75 Å². The van der Waals surface area contributed by atoms with Crippen LogP contribution in [-0.2, 0) is 0 Å². The van der Waals surface area contributed by atoms with Crippen molar-refractivity contribution in [3.63, 3.8) is 0 Å². The molecule has 0 aliphatic rings. The molecule has 114 valence electrons. The second kappa shape index (κ2) is 6.70. The first-order chi connectivity index (χ1) is 11.2. The van der Waals surface area contributed by atoms with E-state index in [1.165, 1.54) is 0 Å². The van der Waals surface area contributed by atoms with Gasteiger partial charge in [0.25, 0.3) is 0 Å². The van der Waals surface area contributed by atoms with Crippen LogP contribution in [-0.4, -0.2) is 21.3 Å². The number of benzene rings is 2. The molecule has 0 aliphatic carbocycles. The van der Waals surface area contributed by atoms with E-state index in [0.717, 1.165) is 11.3 Å². The SMILES string of the molecule is Cc1nc(N/N=C\c2ccccc2O)cc(-c2ccccc2)n1. The first-order valence-corrected chi connectivity index (χ1v) is 7.20. The number of para-hydroxylation sites is 1. The normalized spacial score (nSPS) is 10.8. The third kappa shape index (κ3) is 3.71. The van der Waals surface area contributed by atoms with E-state index in [1.54, 1.807) is 24.4 Å². The summed E-state index contributed by atoms with van der Waals surface area (Å²) in [5.74, 6) is 1.44. The van der Waals surface area contributed by atoms with Gasteiger partial charge in [-0.2, -0.15) is 5.10 Å². The van der Waals surface area contributed by atoms with Crippen LogP contribution in [0.5, 0.6) is 5.75 Å². The van der Waals surface area contributed by atoms with Crippen molar-refractivity contribution in [1.29, 1.82) is 0 Å². The molecule has 0 radical (unpaired) electrons. The van der Waals surface area contributed by atoms with Crippen molar-refractivity contribution in [2.75, 3.05) is 5.43 Å². The van der Waals surface area contributed by atoms with Crippen LogP contribution >= 0.6 is 0 Å². The van der Waals surface area contributed by atoms with Gasteiger partial charge in [-0.25, -0.2) is 9.97 Å². The first-order valence-electron chi connectivity index (χ1n) is 7.20. The van der Waals surface area contributed by atoms with Crippen molar-refractivity contribution in [3.8, 4) is 17.0 Å². The summed E-state index contributed by atoms with van der Waals surface area (Å²) >= 11 is 0. The van der Waals surface area contributed by atoms with Crippen molar-refractivity contribution in [3.05, 3.63) is 72.1 Å². The van der Waals surface area contributed by atoms with Crippen molar-refractivity contribution < 1.29 is 5.11 Å². The fraction of sp³-hybridized carbons (Fsp3) is 0.0556. The fourth-order valence-electron chi connectivity index (χ4n) is 2.15. The smallest absolute Gasteiger partial charge is 0.150 e. The average molecular weight is 304 g/mol. The number of rotatable bonds is 4. The maximum atomic E-state index is 9.70. The minimum absolute atomic E-state index is 0.182. The molecule has 5 nitrogen and oxygen atoms in total. The molecule has 0 atom stereocenters. The van der Waals surface area contributed by atoms with Gasteiger partial charge in [0.15, 0.2) is 0 Å². The van der Waals surface area contributed by atoms with Gasteiger partial charge in [0.1, 0.15) is 17.4 Å². The number of phenols is 1. The number of anilines is 1. The summed E-state index contributed by atoms with van der Waals surface area (Å²) in [4.78, 5) is 8.76. The Morgan fingerprint density at radius 3 is 2.52 bits per heavy atom. The van der Waals surface area contributed by atoms with Crippen LogP contribution in [0.1, 0.15) is 11.4 Å². The molecule has 0 fully saturated rings. The van der Waals surface area contributed by atoms with Crippen LogP contribution in [0.25, 0.3) is 11.3 Å². The highest BCUT2D eigenvalue weighted by Gasteiger charge is 2.03. The summed E-state index contributed by atoms with van der Waals surface area (Å²) in [7, 11) is 0. The third-order valence-corrected chi connectivity index (χ3v) is 3.23. The van der Waals surface area contributed by atoms with Crippen molar-refractivity contribution in [1.82, 2.24) is 9.97 Å². The molecule has 1 heterocycles. The van der Waals surface area contributed by atoms with Gasteiger partial charge in [0.05, 0.1) is 11.9 Å². The van der Waals surface area contributed by atoms with Gasteiger partial charge >= 0.3 is 0 Å². The molecular formula is C18H16N4O. The second-order valence-electron chi connectivity index (χ2n) is 4.98. The number of nitrogens with zero attached hydrogens (tertiary/aromatic N) is 3. The van der Waals surface area contributed by atoms with Crippen LogP contribution in [0.3, 0.4) is 0 Å². The standard InChI is InChI=1S/C18H16N4O/c1-13-20-16(14-7-3-2-4-8-14)11-18(21-13)22-19-12-15-9-5-6-10-17(15)23/h2-12,23H,1H3,(H,20,21,22)/b19-12-. The number of hydrazone groups is 1. The molecule has 2 N–H and O–H groups in total. The Hall–Kier alpha value is -3.21. The summed E-state index contributed by atoms with van der Waals surface area (Å²) in [5.41, 5.74) is 5.36. The number of hydrogen-bond donors (Lipinski definition) is 2. The monoisotopic (exact) mass is 304 g/mol. The summed E-state index contributed by atoms with van der Waals surface area (Å²) in [5, 5.41) is 13.8. The van der Waals surface area contributed by atoms with Gasteiger partial charge in [-0.3, -0.25) is 5.43 Å². The fourth-order valence-corrected chi connectivity index (χ4v) is 2.15. The molecule has 0 unspecified atom stereocenters. The first kappa shape index (κ1) is 14.7. The van der Waals surface area contributed by atoms with Gasteiger partial charge in [0, 0.05) is 17.2 Å². The van der Waals surface area contributed by atoms with E-state index in [0.29, 0.717) is 17.2 Å². The van der Waals surface area contributed by atoms with Crippen LogP contribution in [0.2, 0.25) is 0 Å². The minimum atomic E-state index is 0.182. The molecule has 0 amide bonds. The van der Waals surface area contributed by atoms with Gasteiger partial charge in [-0.15, -0.1) is 0 Å². The van der Waals surface area contributed by atoms with E-state index in [2.05, 4.69) is 20.5 Å². The van der Waals surface area contributed by atoms with Gasteiger partial charge in [-0.05, 0) is 19.1 Å². The zero-order valence-corrected chi connectivity index (χ0v) is 12.6. The van der Waals surface area contributed by atoms with E-state index in [1.807, 2.05) is 49.4 Å². The largest absolute Gasteiger partial charge is 0.507 e. The Bertz CT molecular complexity index is 831. The Morgan fingerprint density at radius 1 is 1.00 bits per heavy atom. The van der Waals surface area contributed by atoms with Crippen LogP contribution in [0.4, 0.5) is 5.82 Å². The van der Waals surface area contributed by atoms with Gasteiger partial charge in [0.2, 0.25) is 0 Å². The van der Waals surface area contributed by atoms with Crippen LogP contribution < -0.4 is 5.43 Å². The Kier molecular flexibility index (Phi) is 4.29. The lowest BCUT2D eigenvalue weighted by molar-refractivity contribution is 0.474. The predicted molar refractivity (Wildman–Crippen MR) is 91.5 cm³/mol. The number of aromatic hydroxyl groups is 1. The molecule has 0 bridgehead atoms. The van der Waals surface area contributed by atoms with E-state index >= 15 is 0 Å². The van der Waals surface area contributed by atoms with E-state index in [4.69, 9.17) is 0 Å². The maximum Gasteiger partial charge on any atom is 0.150 e. The average Bonchev–Trinajstić information content (AvgIpc) is 2.57. The quantitative estimate of drug-likeness (QED) is 0.570. The minimum Gasteiger partial charge on any atom is -0.507 e. The second-order valence-corrected chi connectivity index (χ2v) is 4.98. The maximum absolute atomic E-state index is 9.70. The summed E-state index contributed by atoms with van der Waals surface area (Å²) in [6.45, 7) is 1.84. The van der Waals surface area contributed by atoms with E-state index < -0.39 is 0 Å². The van der Waals surface area contributed by atoms with Crippen molar-refractivity contribution in [2.45, 2.75) is 6.92 Å². The van der Waals surface area contributed by atoms with E-state index in [9.17, 15) is 5.11 Å². The predicted octanol–water partition coefficient (Wildman–Crippen LogP) is 3.60. The van der Waals surface area contributed by atoms with Crippen LogP contribution in [0, 0.1) is 6.92 Å². The summed E-state index contributed by atoms with van der Waals surface area (Å²) in [6.07, 6.45) is 1.55. The lowest BCUT2D eigenvalue weighted by Crippen LogP contribution is -1.98. The highest BCUT2D eigenvalue weighted by molar-refractivity contribution is 5.83. The zero-order valence-electron chi connectivity index (χ0n) is 12.6. The lowest BCUT2D eigenvalue weighted by atomic mass is 10.1. The molecule has 0 saturated carbocycles. The summed E-state index contributed by atoms with van der Waals surface area (Å²) < 4.78 is 0. The third-order valence-electron chi connectivity index (χ3n) is 3.23. The highest BCUT2D eigenvalue weighted by Crippen LogP contribution is 2.19. The molecule has 0 spiro atoms. The Labute approximate surface area is 134 Å². The number of aryl methyl sites for hydroxylation is 1. The van der Waals surface area contributed by atoms with Gasteiger partial charge < -0.3 is 5.11 Å². The molecule has 0 aliphatic heterocycles. The van der Waals surface area contributed by atoms with Gasteiger partial charge in [-0.1, -0.05) is 42.5 Å². The number of phenolic OH excluding ortho intramolecular Hbond substituents is 1. The Morgan fingerprint density at radius 2 is 1.74 bits per heavy atom. The molecule has 2 aromatic carbocycles. The number of hydrogen-bond acceptors (Lipinski definition) is 5. The number of aromatic nitrogens is 2. The van der Waals surface area contributed by atoms with Crippen LogP contribution in [0.15, 0.2) is 65.8 Å².